The molecule has 1 N–H and O–H groups in total. The minimum atomic E-state index is -0.493. The number of nitrogens with zero attached hydrogens (tertiary/aromatic N) is 1. The number of ether oxygens (including phenoxy) is 1. The molecule has 1 aliphatic heterocycles. The number of amides is 1. The van der Waals surface area contributed by atoms with Gasteiger partial charge >= 0.3 is 6.09 Å². The molecule has 1 heterocycles. The van der Waals surface area contributed by atoms with Crippen LogP contribution in [0.2, 0.25) is 0 Å². The summed E-state index contributed by atoms with van der Waals surface area (Å²) in [6.07, 6.45) is 6.58. The highest BCUT2D eigenvalue weighted by molar-refractivity contribution is 5.69. The summed E-state index contributed by atoms with van der Waals surface area (Å²) in [5.41, 5.74) is 1.87. The van der Waals surface area contributed by atoms with Crippen LogP contribution in [-0.2, 0) is 11.2 Å². The van der Waals surface area contributed by atoms with Gasteiger partial charge in [-0.15, -0.1) is 0 Å². The van der Waals surface area contributed by atoms with Gasteiger partial charge < -0.3 is 14.7 Å². The number of carbonyl (C=O) groups excluding carboxylic acids is 1. The second kappa shape index (κ2) is 6.66. The van der Waals surface area contributed by atoms with Crippen molar-refractivity contribution in [1.82, 2.24) is 4.90 Å². The molecule has 1 fully saturated rings. The van der Waals surface area contributed by atoms with Gasteiger partial charge in [0.15, 0.2) is 0 Å². The predicted octanol–water partition coefficient (Wildman–Crippen LogP) is 4.81. The van der Waals surface area contributed by atoms with Gasteiger partial charge in [0.05, 0.1) is 6.04 Å². The van der Waals surface area contributed by atoms with Crippen LogP contribution in [0.1, 0.15) is 70.0 Å². The largest absolute Gasteiger partial charge is 0.508 e. The fourth-order valence-electron chi connectivity index (χ4n) is 4.12. The number of aromatic hydroxyl groups is 1. The molecule has 1 aromatic carbocycles. The van der Waals surface area contributed by atoms with Gasteiger partial charge in [-0.1, -0.05) is 25.3 Å². The first-order chi connectivity index (χ1) is 11.3. The van der Waals surface area contributed by atoms with E-state index in [9.17, 15) is 9.90 Å². The molecule has 2 aliphatic rings. The second-order valence-corrected chi connectivity index (χ2v) is 8.15. The fraction of sp³-hybridized carbons (Fsp3) is 0.650. The van der Waals surface area contributed by atoms with E-state index in [4.69, 9.17) is 4.74 Å². The Kier molecular flexibility index (Phi) is 4.75. The van der Waals surface area contributed by atoms with Gasteiger partial charge in [-0.3, -0.25) is 0 Å². The van der Waals surface area contributed by atoms with E-state index in [1.165, 1.54) is 24.8 Å². The summed E-state index contributed by atoms with van der Waals surface area (Å²) in [6.45, 7) is 6.41. The van der Waals surface area contributed by atoms with Crippen molar-refractivity contribution >= 4 is 6.09 Å². The zero-order valence-corrected chi connectivity index (χ0v) is 15.0. The molecular formula is C20H29NO3. The van der Waals surface area contributed by atoms with Crippen molar-refractivity contribution in [3.8, 4) is 5.75 Å². The van der Waals surface area contributed by atoms with Gasteiger partial charge in [0.2, 0.25) is 0 Å². The zero-order chi connectivity index (χ0) is 17.3. The number of benzene rings is 1. The highest BCUT2D eigenvalue weighted by Gasteiger charge is 2.38. The summed E-state index contributed by atoms with van der Waals surface area (Å²) >= 11 is 0. The van der Waals surface area contributed by atoms with Crippen LogP contribution < -0.4 is 0 Å². The SMILES string of the molecule is CC(C)(C)OC(=O)N1CCc2ccc(O)cc2C1C1CCCCC1. The lowest BCUT2D eigenvalue weighted by atomic mass is 9.77. The molecule has 0 bridgehead atoms. The Labute approximate surface area is 144 Å². The van der Waals surface area contributed by atoms with E-state index in [0.717, 1.165) is 24.8 Å². The Morgan fingerprint density at radius 3 is 2.58 bits per heavy atom. The van der Waals surface area contributed by atoms with Crippen LogP contribution in [0.5, 0.6) is 5.75 Å². The lowest BCUT2D eigenvalue weighted by Gasteiger charge is -2.43. The Hall–Kier alpha value is -1.71. The molecule has 1 amide bonds. The Bertz CT molecular complexity index is 599. The molecule has 1 unspecified atom stereocenters. The number of phenols is 1. The quantitative estimate of drug-likeness (QED) is 0.803. The second-order valence-electron chi connectivity index (χ2n) is 8.15. The average Bonchev–Trinajstić information content (AvgIpc) is 2.52. The number of phenolic OH excluding ortho intramolecular Hbond substituents is 1. The molecule has 3 rings (SSSR count). The summed E-state index contributed by atoms with van der Waals surface area (Å²) in [5.74, 6) is 0.729. The number of hydrogen-bond acceptors (Lipinski definition) is 3. The Morgan fingerprint density at radius 2 is 1.92 bits per heavy atom. The van der Waals surface area contributed by atoms with Gasteiger partial charge in [0, 0.05) is 6.54 Å². The van der Waals surface area contributed by atoms with Crippen molar-refractivity contribution in [3.63, 3.8) is 0 Å². The molecule has 4 heteroatoms. The smallest absolute Gasteiger partial charge is 0.410 e. The van der Waals surface area contributed by atoms with E-state index in [2.05, 4.69) is 0 Å². The van der Waals surface area contributed by atoms with Crippen LogP contribution in [-0.4, -0.2) is 28.2 Å². The van der Waals surface area contributed by atoms with Crippen LogP contribution in [0.25, 0.3) is 0 Å². The maximum atomic E-state index is 12.8. The van der Waals surface area contributed by atoms with Crippen molar-refractivity contribution in [2.45, 2.75) is 70.9 Å². The topological polar surface area (TPSA) is 49.8 Å². The van der Waals surface area contributed by atoms with Gasteiger partial charge in [-0.05, 0) is 69.2 Å². The monoisotopic (exact) mass is 331 g/mol. The molecule has 0 aromatic heterocycles. The standard InChI is InChI=1S/C20H29NO3/c1-20(2,3)24-19(23)21-12-11-14-9-10-16(22)13-17(14)18(21)15-7-5-4-6-8-15/h9-10,13,15,18,22H,4-8,11-12H2,1-3H3. The van der Waals surface area contributed by atoms with E-state index in [1.54, 1.807) is 6.07 Å². The van der Waals surface area contributed by atoms with Crippen molar-refractivity contribution < 1.29 is 14.6 Å². The van der Waals surface area contributed by atoms with Crippen molar-refractivity contribution in [2.75, 3.05) is 6.54 Å². The number of fused-ring (bicyclic) bond motifs is 1. The van der Waals surface area contributed by atoms with Gasteiger partial charge in [-0.2, -0.15) is 0 Å². The third-order valence-electron chi connectivity index (χ3n) is 5.13. The molecule has 1 saturated carbocycles. The van der Waals surface area contributed by atoms with Crippen LogP contribution in [0.15, 0.2) is 18.2 Å². The molecule has 0 radical (unpaired) electrons. The van der Waals surface area contributed by atoms with Crippen LogP contribution in [0.3, 0.4) is 0 Å². The minimum absolute atomic E-state index is 0.0241. The maximum absolute atomic E-state index is 12.8. The number of rotatable bonds is 1. The summed E-state index contributed by atoms with van der Waals surface area (Å²) in [5, 5.41) is 9.98. The number of hydrogen-bond donors (Lipinski definition) is 1. The van der Waals surface area contributed by atoms with Crippen LogP contribution in [0, 0.1) is 5.92 Å². The van der Waals surface area contributed by atoms with Gasteiger partial charge in [0.1, 0.15) is 11.4 Å². The normalized spacial score (nSPS) is 22.1. The van der Waals surface area contributed by atoms with E-state index in [0.29, 0.717) is 12.5 Å². The minimum Gasteiger partial charge on any atom is -0.508 e. The lowest BCUT2D eigenvalue weighted by molar-refractivity contribution is 0.00394. The summed E-state index contributed by atoms with van der Waals surface area (Å²) in [6, 6.07) is 5.63. The molecule has 1 atom stereocenters. The third kappa shape index (κ3) is 3.68. The molecule has 0 spiro atoms. The fourth-order valence-corrected chi connectivity index (χ4v) is 4.12. The van der Waals surface area contributed by atoms with E-state index in [1.807, 2.05) is 37.8 Å². The van der Waals surface area contributed by atoms with Gasteiger partial charge in [0.25, 0.3) is 0 Å². The average molecular weight is 331 g/mol. The molecule has 132 valence electrons. The first kappa shape index (κ1) is 17.1. The molecule has 24 heavy (non-hydrogen) atoms. The molecule has 0 saturated heterocycles. The Balaban J connectivity index is 1.94. The van der Waals surface area contributed by atoms with E-state index >= 15 is 0 Å². The van der Waals surface area contributed by atoms with Crippen molar-refractivity contribution in [3.05, 3.63) is 29.3 Å². The molecule has 4 nitrogen and oxygen atoms in total. The van der Waals surface area contributed by atoms with Crippen molar-refractivity contribution in [2.24, 2.45) is 5.92 Å². The van der Waals surface area contributed by atoms with Gasteiger partial charge in [-0.25, -0.2) is 4.79 Å². The highest BCUT2D eigenvalue weighted by atomic mass is 16.6. The summed E-state index contributed by atoms with van der Waals surface area (Å²) in [4.78, 5) is 14.7. The predicted molar refractivity (Wildman–Crippen MR) is 94.1 cm³/mol. The molecule has 1 aliphatic carbocycles. The third-order valence-corrected chi connectivity index (χ3v) is 5.13. The summed E-state index contributed by atoms with van der Waals surface area (Å²) in [7, 11) is 0. The molecule has 1 aromatic rings. The first-order valence-corrected chi connectivity index (χ1v) is 9.16. The lowest BCUT2D eigenvalue weighted by Crippen LogP contribution is -2.45. The molecular weight excluding hydrogens is 302 g/mol. The van der Waals surface area contributed by atoms with Crippen LogP contribution >= 0.6 is 0 Å². The van der Waals surface area contributed by atoms with Crippen LogP contribution in [0.4, 0.5) is 4.79 Å². The zero-order valence-electron chi connectivity index (χ0n) is 15.0. The first-order valence-electron chi connectivity index (χ1n) is 9.16. The summed E-state index contributed by atoms with van der Waals surface area (Å²) < 4.78 is 5.67. The van der Waals surface area contributed by atoms with Crippen molar-refractivity contribution in [1.29, 1.82) is 0 Å². The maximum Gasteiger partial charge on any atom is 0.410 e. The highest BCUT2D eigenvalue weighted by Crippen LogP contribution is 2.43. The Morgan fingerprint density at radius 1 is 1.21 bits per heavy atom. The van der Waals surface area contributed by atoms with E-state index in [-0.39, 0.29) is 17.9 Å². The number of carbonyl (C=O) groups is 1. The van der Waals surface area contributed by atoms with E-state index < -0.39 is 5.60 Å².